The van der Waals surface area contributed by atoms with Crippen LogP contribution in [0.1, 0.15) is 11.3 Å². The standard InChI is InChI=1S/C15H13N3O2S/c1-8-7-21-15(17-8)12-9(2)11(13(19)18-14(12)20)10-3-5-16-6-4-10/h3-7H,1-2H3,(H2,18,19,20). The van der Waals surface area contributed by atoms with Crippen molar-refractivity contribution in [2.75, 3.05) is 0 Å². The number of nitrogens with one attached hydrogen (secondary N) is 1. The van der Waals surface area contributed by atoms with E-state index >= 15 is 0 Å². The van der Waals surface area contributed by atoms with Crippen LogP contribution in [0.15, 0.2) is 34.7 Å². The molecule has 0 aliphatic rings. The first-order valence-electron chi connectivity index (χ1n) is 6.36. The first-order valence-corrected chi connectivity index (χ1v) is 7.24. The summed E-state index contributed by atoms with van der Waals surface area (Å²) in [4.78, 5) is 23.0. The van der Waals surface area contributed by atoms with Crippen LogP contribution in [-0.4, -0.2) is 20.1 Å². The van der Waals surface area contributed by atoms with Crippen molar-refractivity contribution in [2.24, 2.45) is 0 Å². The van der Waals surface area contributed by atoms with Crippen molar-refractivity contribution in [3.05, 3.63) is 51.5 Å². The largest absolute Gasteiger partial charge is 0.494 e. The Balaban J connectivity index is 2.31. The number of rotatable bonds is 2. The summed E-state index contributed by atoms with van der Waals surface area (Å²) < 4.78 is 0. The molecule has 106 valence electrons. The fourth-order valence-electron chi connectivity index (χ4n) is 2.30. The van der Waals surface area contributed by atoms with E-state index in [1.165, 1.54) is 11.3 Å². The summed E-state index contributed by atoms with van der Waals surface area (Å²) in [6.45, 7) is 3.71. The summed E-state index contributed by atoms with van der Waals surface area (Å²) in [7, 11) is 0. The van der Waals surface area contributed by atoms with E-state index in [1.54, 1.807) is 24.5 Å². The predicted octanol–water partition coefficient (Wildman–Crippen LogP) is 2.88. The molecule has 0 aliphatic carbocycles. The molecule has 0 radical (unpaired) electrons. The lowest BCUT2D eigenvalue weighted by atomic mass is 9.99. The van der Waals surface area contributed by atoms with Crippen molar-refractivity contribution in [3.8, 4) is 27.6 Å². The van der Waals surface area contributed by atoms with Crippen molar-refractivity contribution in [2.45, 2.75) is 13.8 Å². The number of H-pyrrole nitrogens is 1. The summed E-state index contributed by atoms with van der Waals surface area (Å²) in [5.41, 5.74) is 3.12. The molecule has 0 aromatic carbocycles. The minimum absolute atomic E-state index is 0.148. The summed E-state index contributed by atoms with van der Waals surface area (Å²) in [6, 6.07) is 3.54. The van der Waals surface area contributed by atoms with Crippen LogP contribution in [-0.2, 0) is 0 Å². The lowest BCUT2D eigenvalue weighted by Gasteiger charge is -2.10. The Hall–Kier alpha value is -2.47. The molecule has 5 nitrogen and oxygen atoms in total. The molecule has 0 saturated heterocycles. The van der Waals surface area contributed by atoms with Gasteiger partial charge in [-0.25, -0.2) is 4.98 Å². The normalized spacial score (nSPS) is 10.8. The molecule has 2 N–H and O–H groups in total. The maximum Gasteiger partial charge on any atom is 0.258 e. The predicted molar refractivity (Wildman–Crippen MR) is 82.5 cm³/mol. The molecular formula is C15H13N3O2S. The Morgan fingerprint density at radius 3 is 2.52 bits per heavy atom. The molecule has 3 aromatic heterocycles. The Bertz CT molecular complexity index is 853. The average Bonchev–Trinajstić information content (AvgIpc) is 2.85. The quantitative estimate of drug-likeness (QED) is 0.762. The number of thiazole rings is 1. The highest BCUT2D eigenvalue weighted by Crippen LogP contribution is 2.35. The second-order valence-corrected chi connectivity index (χ2v) is 5.57. The topological polar surface area (TPSA) is 78.9 Å². The zero-order valence-corrected chi connectivity index (χ0v) is 12.4. The first kappa shape index (κ1) is 13.5. The van der Waals surface area contributed by atoms with Crippen molar-refractivity contribution in [1.29, 1.82) is 0 Å². The molecule has 6 heteroatoms. The molecule has 0 aliphatic heterocycles. The molecule has 3 heterocycles. The van der Waals surface area contributed by atoms with Gasteiger partial charge in [-0.1, -0.05) is 0 Å². The van der Waals surface area contributed by atoms with Crippen LogP contribution in [0.4, 0.5) is 0 Å². The Labute approximate surface area is 125 Å². The summed E-state index contributed by atoms with van der Waals surface area (Å²) in [6.07, 6.45) is 3.27. The first-order chi connectivity index (χ1) is 10.1. The summed E-state index contributed by atoms with van der Waals surface area (Å²) in [5, 5.41) is 12.7. The van der Waals surface area contributed by atoms with Crippen LogP contribution in [0.2, 0.25) is 0 Å². The smallest absolute Gasteiger partial charge is 0.258 e. The third kappa shape index (κ3) is 2.34. The van der Waals surface area contributed by atoms with E-state index in [0.29, 0.717) is 21.7 Å². The number of aromatic amines is 1. The minimum Gasteiger partial charge on any atom is -0.494 e. The maximum atomic E-state index is 12.2. The van der Waals surface area contributed by atoms with Crippen LogP contribution < -0.4 is 5.56 Å². The van der Waals surface area contributed by atoms with E-state index in [9.17, 15) is 9.90 Å². The van der Waals surface area contributed by atoms with Crippen LogP contribution in [0.25, 0.3) is 21.7 Å². The number of pyridine rings is 2. The second-order valence-electron chi connectivity index (χ2n) is 4.71. The highest BCUT2D eigenvalue weighted by Gasteiger charge is 2.18. The van der Waals surface area contributed by atoms with Gasteiger partial charge in [-0.3, -0.25) is 14.8 Å². The third-order valence-corrected chi connectivity index (χ3v) is 4.23. The minimum atomic E-state index is -0.326. The number of nitrogens with zero attached hydrogens (tertiary/aromatic N) is 2. The van der Waals surface area contributed by atoms with Gasteiger partial charge in [0.05, 0.1) is 11.1 Å². The van der Waals surface area contributed by atoms with Crippen molar-refractivity contribution < 1.29 is 5.11 Å². The van der Waals surface area contributed by atoms with Gasteiger partial charge >= 0.3 is 0 Å². The molecule has 3 aromatic rings. The second kappa shape index (κ2) is 5.14. The van der Waals surface area contributed by atoms with Crippen molar-refractivity contribution in [3.63, 3.8) is 0 Å². The number of hydrogen-bond acceptors (Lipinski definition) is 5. The molecule has 0 amide bonds. The van der Waals surface area contributed by atoms with Crippen LogP contribution in [0.3, 0.4) is 0 Å². The SMILES string of the molecule is Cc1csc(-c2c(O)[nH]c(=O)c(-c3ccncc3)c2C)n1. The number of hydrogen-bond donors (Lipinski definition) is 2. The lowest BCUT2D eigenvalue weighted by molar-refractivity contribution is 0.453. The number of aromatic nitrogens is 3. The number of aryl methyl sites for hydroxylation is 1. The molecule has 21 heavy (non-hydrogen) atoms. The fraction of sp³-hybridized carbons (Fsp3) is 0.133. The van der Waals surface area contributed by atoms with Gasteiger partial charge in [0.15, 0.2) is 0 Å². The molecule has 0 saturated carbocycles. The molecule has 0 unspecified atom stereocenters. The van der Waals surface area contributed by atoms with E-state index in [-0.39, 0.29) is 11.4 Å². The summed E-state index contributed by atoms with van der Waals surface area (Å²) >= 11 is 1.44. The van der Waals surface area contributed by atoms with Gasteiger partial charge in [0.25, 0.3) is 5.56 Å². The molecule has 0 fully saturated rings. The van der Waals surface area contributed by atoms with E-state index in [0.717, 1.165) is 11.3 Å². The van der Waals surface area contributed by atoms with Gasteiger partial charge in [-0.2, -0.15) is 0 Å². The van der Waals surface area contributed by atoms with Crippen molar-refractivity contribution >= 4 is 11.3 Å². The van der Waals surface area contributed by atoms with E-state index < -0.39 is 0 Å². The van der Waals surface area contributed by atoms with Crippen molar-refractivity contribution in [1.82, 2.24) is 15.0 Å². The Kier molecular flexibility index (Phi) is 3.31. The molecule has 0 spiro atoms. The monoisotopic (exact) mass is 299 g/mol. The maximum absolute atomic E-state index is 12.2. The highest BCUT2D eigenvalue weighted by atomic mass is 32.1. The fourth-order valence-corrected chi connectivity index (χ4v) is 3.20. The highest BCUT2D eigenvalue weighted by molar-refractivity contribution is 7.13. The van der Waals surface area contributed by atoms with Crippen LogP contribution in [0, 0.1) is 13.8 Å². The third-order valence-electron chi connectivity index (χ3n) is 3.25. The van der Waals surface area contributed by atoms with E-state index in [2.05, 4.69) is 15.0 Å². The van der Waals surface area contributed by atoms with Gasteiger partial charge in [0.1, 0.15) is 5.01 Å². The van der Waals surface area contributed by atoms with Gasteiger partial charge in [-0.15, -0.1) is 11.3 Å². The van der Waals surface area contributed by atoms with Crippen LogP contribution in [0.5, 0.6) is 5.88 Å². The molecule has 0 atom stereocenters. The summed E-state index contributed by atoms with van der Waals surface area (Å²) in [5.74, 6) is -0.148. The zero-order chi connectivity index (χ0) is 15.0. The van der Waals surface area contributed by atoms with Crippen LogP contribution >= 0.6 is 11.3 Å². The van der Waals surface area contributed by atoms with Gasteiger partial charge < -0.3 is 5.11 Å². The molecular weight excluding hydrogens is 286 g/mol. The van der Waals surface area contributed by atoms with Gasteiger partial charge in [-0.05, 0) is 37.1 Å². The zero-order valence-electron chi connectivity index (χ0n) is 11.5. The Morgan fingerprint density at radius 2 is 1.90 bits per heavy atom. The van der Waals surface area contributed by atoms with Gasteiger partial charge in [0.2, 0.25) is 5.88 Å². The Morgan fingerprint density at radius 1 is 1.19 bits per heavy atom. The molecule has 3 rings (SSSR count). The van der Waals surface area contributed by atoms with E-state index in [1.807, 2.05) is 19.2 Å². The van der Waals surface area contributed by atoms with Gasteiger partial charge in [0, 0.05) is 23.5 Å². The number of aromatic hydroxyl groups is 1. The lowest BCUT2D eigenvalue weighted by Crippen LogP contribution is -2.12. The average molecular weight is 299 g/mol. The van der Waals surface area contributed by atoms with E-state index in [4.69, 9.17) is 0 Å². The molecule has 0 bridgehead atoms.